The average Bonchev–Trinajstić information content (AvgIpc) is 2.58. The topological polar surface area (TPSA) is 77.8 Å². The van der Waals surface area contributed by atoms with Gasteiger partial charge in [0.25, 0.3) is 5.91 Å². The number of rotatable bonds is 5. The molecule has 0 atom stereocenters. The third-order valence-corrected chi connectivity index (χ3v) is 3.59. The number of hydrogen-bond donors (Lipinski definition) is 2. The summed E-state index contributed by atoms with van der Waals surface area (Å²) in [6.45, 7) is 0. The Kier molecular flexibility index (Phi) is 5.49. The van der Waals surface area contributed by atoms with Crippen molar-refractivity contribution in [2.75, 3.05) is 7.05 Å². The van der Waals surface area contributed by atoms with Crippen LogP contribution in [0.3, 0.4) is 0 Å². The molecule has 0 spiro atoms. The predicted octanol–water partition coefficient (Wildman–Crippen LogP) is 3.04. The van der Waals surface area contributed by atoms with Crippen molar-refractivity contribution in [1.82, 2.24) is 4.90 Å². The molecule has 0 aliphatic rings. The first-order chi connectivity index (χ1) is 11.8. The van der Waals surface area contributed by atoms with Crippen molar-refractivity contribution in [3.63, 3.8) is 0 Å². The predicted molar refractivity (Wildman–Crippen MR) is 85.8 cm³/mol. The number of amides is 1. The normalized spacial score (nSPS) is 11.4. The number of nitrogens with zero attached hydrogens (tertiary/aromatic N) is 1. The Balaban J connectivity index is 2.45. The van der Waals surface area contributed by atoms with Gasteiger partial charge in [-0.3, -0.25) is 4.79 Å². The van der Waals surface area contributed by atoms with E-state index in [0.717, 1.165) is 0 Å². The van der Waals surface area contributed by atoms with E-state index in [1.54, 1.807) is 0 Å². The van der Waals surface area contributed by atoms with Crippen LogP contribution in [0.15, 0.2) is 60.4 Å². The standard InChI is InChI=1S/C18H15F2NO4/c1-21(16(23)10-15(22)18(24)25)17(11-2-6-13(19)7-3-11)12-4-8-14(20)9-5-12/h2-10,17,22H,1H3,(H,24,25)/b15-10-. The number of aliphatic carboxylic acids is 1. The molecular weight excluding hydrogens is 332 g/mol. The Hall–Kier alpha value is -3.22. The summed E-state index contributed by atoms with van der Waals surface area (Å²) in [5, 5.41) is 17.9. The van der Waals surface area contributed by atoms with Crippen LogP contribution in [-0.4, -0.2) is 34.0 Å². The highest BCUT2D eigenvalue weighted by Crippen LogP contribution is 2.28. The number of likely N-dealkylation sites (N-methyl/N-ethyl adjacent to an activating group) is 1. The summed E-state index contributed by atoms with van der Waals surface area (Å²) in [5.41, 5.74) is 1.07. The molecule has 25 heavy (non-hydrogen) atoms. The molecule has 0 radical (unpaired) electrons. The molecule has 1 amide bonds. The Morgan fingerprint density at radius 3 is 1.68 bits per heavy atom. The summed E-state index contributed by atoms with van der Waals surface area (Å²) in [6, 6.07) is 10.0. The lowest BCUT2D eigenvalue weighted by Gasteiger charge is -2.28. The smallest absolute Gasteiger partial charge is 0.371 e. The summed E-state index contributed by atoms with van der Waals surface area (Å²) in [7, 11) is 1.39. The zero-order valence-corrected chi connectivity index (χ0v) is 13.2. The number of benzene rings is 2. The van der Waals surface area contributed by atoms with Gasteiger partial charge in [-0.05, 0) is 35.4 Å². The van der Waals surface area contributed by atoms with Crippen molar-refractivity contribution >= 4 is 11.9 Å². The largest absolute Gasteiger partial charge is 0.502 e. The third-order valence-electron chi connectivity index (χ3n) is 3.59. The molecule has 2 aromatic rings. The molecule has 0 aliphatic heterocycles. The number of carboxylic acid groups (broad SMARTS) is 1. The molecule has 2 rings (SSSR count). The lowest BCUT2D eigenvalue weighted by atomic mass is 9.97. The van der Waals surface area contributed by atoms with Crippen LogP contribution in [-0.2, 0) is 9.59 Å². The van der Waals surface area contributed by atoms with E-state index in [1.165, 1.54) is 60.5 Å². The van der Waals surface area contributed by atoms with Crippen molar-refractivity contribution < 1.29 is 28.6 Å². The summed E-state index contributed by atoms with van der Waals surface area (Å²) < 4.78 is 26.4. The maximum Gasteiger partial charge on any atom is 0.371 e. The highest BCUT2D eigenvalue weighted by molar-refractivity contribution is 5.96. The highest BCUT2D eigenvalue weighted by Gasteiger charge is 2.23. The van der Waals surface area contributed by atoms with E-state index >= 15 is 0 Å². The van der Waals surface area contributed by atoms with Crippen LogP contribution >= 0.6 is 0 Å². The molecule has 0 saturated heterocycles. The SMILES string of the molecule is CN(C(=O)/C=C(\O)C(=O)O)C(c1ccc(F)cc1)c1ccc(F)cc1. The Morgan fingerprint density at radius 2 is 1.32 bits per heavy atom. The van der Waals surface area contributed by atoms with Gasteiger partial charge in [-0.2, -0.15) is 0 Å². The van der Waals surface area contributed by atoms with Crippen LogP contribution < -0.4 is 0 Å². The van der Waals surface area contributed by atoms with Gasteiger partial charge in [-0.25, -0.2) is 13.6 Å². The molecule has 7 heteroatoms. The quantitative estimate of drug-likeness (QED) is 0.644. The molecule has 0 heterocycles. The van der Waals surface area contributed by atoms with E-state index in [4.69, 9.17) is 5.11 Å². The van der Waals surface area contributed by atoms with Crippen LogP contribution in [0.25, 0.3) is 0 Å². The van der Waals surface area contributed by atoms with Crippen molar-refractivity contribution in [1.29, 1.82) is 0 Å². The molecule has 0 aliphatic carbocycles. The number of aliphatic hydroxyl groups is 1. The average molecular weight is 347 g/mol. The van der Waals surface area contributed by atoms with Crippen LogP contribution in [0.4, 0.5) is 8.78 Å². The van der Waals surface area contributed by atoms with Gasteiger partial charge in [-0.1, -0.05) is 24.3 Å². The molecule has 5 nitrogen and oxygen atoms in total. The maximum atomic E-state index is 13.2. The second kappa shape index (κ2) is 7.57. The minimum absolute atomic E-state index is 0.459. The van der Waals surface area contributed by atoms with E-state index in [0.29, 0.717) is 17.2 Å². The van der Waals surface area contributed by atoms with Gasteiger partial charge in [-0.15, -0.1) is 0 Å². The zero-order chi connectivity index (χ0) is 18.6. The van der Waals surface area contributed by atoms with Gasteiger partial charge in [0.2, 0.25) is 5.76 Å². The van der Waals surface area contributed by atoms with Gasteiger partial charge in [0.15, 0.2) is 0 Å². The molecule has 0 saturated carbocycles. The van der Waals surface area contributed by atoms with E-state index in [-0.39, 0.29) is 0 Å². The number of carboxylic acids is 1. The summed E-state index contributed by atoms with van der Waals surface area (Å²) in [5.74, 6) is -4.44. The van der Waals surface area contributed by atoms with Gasteiger partial charge in [0.05, 0.1) is 12.1 Å². The number of hydrogen-bond acceptors (Lipinski definition) is 3. The van der Waals surface area contributed by atoms with Crippen LogP contribution in [0.2, 0.25) is 0 Å². The van der Waals surface area contributed by atoms with Crippen molar-refractivity contribution in [3.8, 4) is 0 Å². The second-order valence-electron chi connectivity index (χ2n) is 5.29. The molecule has 130 valence electrons. The highest BCUT2D eigenvalue weighted by atomic mass is 19.1. The molecule has 0 bridgehead atoms. The van der Waals surface area contributed by atoms with E-state index in [1.807, 2.05) is 0 Å². The third kappa shape index (κ3) is 4.41. The first-order valence-corrected chi connectivity index (χ1v) is 7.21. The van der Waals surface area contributed by atoms with Crippen molar-refractivity contribution in [3.05, 3.63) is 83.1 Å². The van der Waals surface area contributed by atoms with Crippen LogP contribution in [0.5, 0.6) is 0 Å². The van der Waals surface area contributed by atoms with Crippen molar-refractivity contribution in [2.45, 2.75) is 6.04 Å². The first kappa shape index (κ1) is 18.1. The van der Waals surface area contributed by atoms with Gasteiger partial charge in [0.1, 0.15) is 11.6 Å². The first-order valence-electron chi connectivity index (χ1n) is 7.21. The molecule has 2 aromatic carbocycles. The Morgan fingerprint density at radius 1 is 0.920 bits per heavy atom. The zero-order valence-electron chi connectivity index (χ0n) is 13.2. The molecule has 2 N–H and O–H groups in total. The van der Waals surface area contributed by atoms with Crippen LogP contribution in [0, 0.1) is 11.6 Å². The fourth-order valence-corrected chi connectivity index (χ4v) is 2.34. The van der Waals surface area contributed by atoms with Crippen molar-refractivity contribution in [2.24, 2.45) is 0 Å². The van der Waals surface area contributed by atoms with Gasteiger partial charge < -0.3 is 15.1 Å². The summed E-state index contributed by atoms with van der Waals surface area (Å²) in [6.07, 6.45) is 0.572. The van der Waals surface area contributed by atoms with E-state index in [2.05, 4.69) is 0 Å². The Bertz CT molecular complexity index is 755. The van der Waals surface area contributed by atoms with Gasteiger partial charge in [0, 0.05) is 7.05 Å². The minimum Gasteiger partial charge on any atom is -0.502 e. The number of carbonyl (C=O) groups excluding carboxylic acids is 1. The summed E-state index contributed by atoms with van der Waals surface area (Å²) >= 11 is 0. The van der Waals surface area contributed by atoms with Crippen LogP contribution in [0.1, 0.15) is 17.2 Å². The molecular formula is C18H15F2NO4. The monoisotopic (exact) mass is 347 g/mol. The number of halogens is 2. The molecule has 0 aromatic heterocycles. The Labute approximate surface area is 142 Å². The van der Waals surface area contributed by atoms with Gasteiger partial charge >= 0.3 is 5.97 Å². The minimum atomic E-state index is -1.64. The fraction of sp³-hybridized carbons (Fsp3) is 0.111. The fourth-order valence-electron chi connectivity index (χ4n) is 2.34. The lowest BCUT2D eigenvalue weighted by Crippen LogP contribution is -2.31. The lowest BCUT2D eigenvalue weighted by molar-refractivity contribution is -0.136. The number of aliphatic hydroxyl groups excluding tert-OH is 1. The molecule has 0 unspecified atom stereocenters. The molecule has 0 fully saturated rings. The number of carbonyl (C=O) groups is 2. The van der Waals surface area contributed by atoms with E-state index < -0.39 is 35.3 Å². The maximum absolute atomic E-state index is 13.2. The second-order valence-corrected chi connectivity index (χ2v) is 5.29. The summed E-state index contributed by atoms with van der Waals surface area (Å²) in [4.78, 5) is 24.1. The van der Waals surface area contributed by atoms with E-state index in [9.17, 15) is 23.5 Å².